The van der Waals surface area contributed by atoms with E-state index in [-0.39, 0.29) is 6.10 Å². The maximum absolute atomic E-state index is 13.1. The number of ether oxygens (including phenoxy) is 1. The van der Waals surface area contributed by atoms with E-state index in [0.29, 0.717) is 6.54 Å². The van der Waals surface area contributed by atoms with Crippen molar-refractivity contribution in [1.82, 2.24) is 10.2 Å². The average Bonchev–Trinajstić information content (AvgIpc) is 3.28. The maximum atomic E-state index is 13.1. The van der Waals surface area contributed by atoms with Gasteiger partial charge in [-0.05, 0) is 30.5 Å². The van der Waals surface area contributed by atoms with Gasteiger partial charge in [-0.3, -0.25) is 4.90 Å². The molecule has 1 saturated heterocycles. The Morgan fingerprint density at radius 2 is 2.10 bits per heavy atom. The number of morpholine rings is 1. The Hall–Kier alpha value is -1.04. The first-order valence-corrected chi connectivity index (χ1v) is 7.22. The molecule has 1 aromatic rings. The lowest BCUT2D eigenvalue weighted by molar-refractivity contribution is -0.0301. The molecular formula is C15H20F2N2O. The van der Waals surface area contributed by atoms with Crippen molar-refractivity contribution in [2.24, 2.45) is 0 Å². The monoisotopic (exact) mass is 282 g/mol. The predicted octanol–water partition coefficient (Wildman–Crippen LogP) is 1.92. The van der Waals surface area contributed by atoms with Crippen LogP contribution in [0.25, 0.3) is 0 Å². The first-order valence-electron chi connectivity index (χ1n) is 7.22. The van der Waals surface area contributed by atoms with E-state index < -0.39 is 11.6 Å². The number of nitrogens with zero attached hydrogens (tertiary/aromatic N) is 1. The van der Waals surface area contributed by atoms with Crippen molar-refractivity contribution in [3.05, 3.63) is 35.4 Å². The van der Waals surface area contributed by atoms with E-state index in [1.165, 1.54) is 18.9 Å². The molecule has 3 rings (SSSR count). The molecule has 1 aliphatic heterocycles. The van der Waals surface area contributed by atoms with Crippen LogP contribution in [0.4, 0.5) is 8.78 Å². The molecule has 0 radical (unpaired) electrons. The summed E-state index contributed by atoms with van der Waals surface area (Å²) in [4.78, 5) is 2.49. The van der Waals surface area contributed by atoms with Crippen LogP contribution in [0.5, 0.6) is 0 Å². The summed E-state index contributed by atoms with van der Waals surface area (Å²) in [5.41, 5.74) is 0.749. The van der Waals surface area contributed by atoms with Gasteiger partial charge in [-0.15, -0.1) is 0 Å². The quantitative estimate of drug-likeness (QED) is 0.893. The largest absolute Gasteiger partial charge is 0.374 e. The van der Waals surface area contributed by atoms with Gasteiger partial charge < -0.3 is 10.1 Å². The van der Waals surface area contributed by atoms with Crippen molar-refractivity contribution in [2.75, 3.05) is 26.2 Å². The van der Waals surface area contributed by atoms with Gasteiger partial charge in [0, 0.05) is 32.2 Å². The molecule has 5 heteroatoms. The maximum Gasteiger partial charge on any atom is 0.159 e. The third-order valence-corrected chi connectivity index (χ3v) is 3.92. The molecule has 20 heavy (non-hydrogen) atoms. The predicted molar refractivity (Wildman–Crippen MR) is 72.4 cm³/mol. The summed E-state index contributed by atoms with van der Waals surface area (Å²) in [5.74, 6) is -1.59. The fourth-order valence-corrected chi connectivity index (χ4v) is 2.66. The fraction of sp³-hybridized carbons (Fsp3) is 0.600. The Labute approximate surface area is 117 Å². The fourth-order valence-electron chi connectivity index (χ4n) is 2.66. The molecule has 0 bridgehead atoms. The minimum atomic E-state index is -0.801. The molecule has 110 valence electrons. The summed E-state index contributed by atoms with van der Waals surface area (Å²) in [7, 11) is 0. The molecule has 2 fully saturated rings. The Bertz CT molecular complexity index is 465. The molecule has 1 aliphatic carbocycles. The number of halogens is 2. The molecule has 1 N–H and O–H groups in total. The van der Waals surface area contributed by atoms with Crippen molar-refractivity contribution < 1.29 is 13.5 Å². The molecule has 1 unspecified atom stereocenters. The topological polar surface area (TPSA) is 24.5 Å². The lowest BCUT2D eigenvalue weighted by Crippen LogP contribution is -2.47. The molecule has 0 amide bonds. The highest BCUT2D eigenvalue weighted by Gasteiger charge is 2.32. The van der Waals surface area contributed by atoms with E-state index >= 15 is 0 Å². The average molecular weight is 282 g/mol. The van der Waals surface area contributed by atoms with Crippen LogP contribution >= 0.6 is 0 Å². The van der Waals surface area contributed by atoms with Crippen LogP contribution in [-0.2, 0) is 11.3 Å². The van der Waals surface area contributed by atoms with Crippen LogP contribution in [0, 0.1) is 11.6 Å². The molecule has 2 aliphatic rings. The number of hydrogen-bond donors (Lipinski definition) is 1. The third kappa shape index (κ3) is 3.53. The lowest BCUT2D eigenvalue weighted by atomic mass is 10.2. The number of rotatable bonds is 5. The van der Waals surface area contributed by atoms with Crippen molar-refractivity contribution in [2.45, 2.75) is 31.5 Å². The van der Waals surface area contributed by atoms with Gasteiger partial charge in [-0.1, -0.05) is 6.07 Å². The minimum Gasteiger partial charge on any atom is -0.374 e. The molecule has 1 atom stereocenters. The van der Waals surface area contributed by atoms with Gasteiger partial charge in [0.2, 0.25) is 0 Å². The number of hydrogen-bond acceptors (Lipinski definition) is 3. The highest BCUT2D eigenvalue weighted by molar-refractivity contribution is 5.17. The van der Waals surface area contributed by atoms with Crippen molar-refractivity contribution in [1.29, 1.82) is 0 Å². The van der Waals surface area contributed by atoms with Gasteiger partial charge in [0.15, 0.2) is 11.6 Å². The second-order valence-electron chi connectivity index (χ2n) is 5.60. The Kier molecular flexibility index (Phi) is 4.29. The van der Waals surface area contributed by atoms with E-state index in [1.807, 2.05) is 0 Å². The molecule has 1 heterocycles. The normalized spacial score (nSPS) is 24.0. The van der Waals surface area contributed by atoms with Crippen LogP contribution in [0.1, 0.15) is 18.4 Å². The molecule has 0 spiro atoms. The van der Waals surface area contributed by atoms with Crippen LogP contribution in [-0.4, -0.2) is 43.3 Å². The lowest BCUT2D eigenvalue weighted by Gasteiger charge is -2.33. The van der Waals surface area contributed by atoms with Crippen molar-refractivity contribution in [3.63, 3.8) is 0 Å². The summed E-state index contributed by atoms with van der Waals surface area (Å²) >= 11 is 0. The summed E-state index contributed by atoms with van der Waals surface area (Å²) < 4.78 is 31.6. The zero-order valence-corrected chi connectivity index (χ0v) is 11.4. The Balaban J connectivity index is 1.43. The highest BCUT2D eigenvalue weighted by Crippen LogP contribution is 2.28. The van der Waals surface area contributed by atoms with E-state index in [9.17, 15) is 8.78 Å². The summed E-state index contributed by atoms with van der Waals surface area (Å²) in [6.45, 7) is 4.05. The zero-order chi connectivity index (χ0) is 13.9. The van der Waals surface area contributed by atoms with Crippen LogP contribution < -0.4 is 5.32 Å². The summed E-state index contributed by atoms with van der Waals surface area (Å²) in [6.07, 6.45) is 2.82. The third-order valence-electron chi connectivity index (χ3n) is 3.92. The summed E-state index contributed by atoms with van der Waals surface area (Å²) in [6, 6.07) is 4.77. The smallest absolute Gasteiger partial charge is 0.159 e. The second kappa shape index (κ2) is 6.16. The Morgan fingerprint density at radius 1 is 1.25 bits per heavy atom. The second-order valence-corrected chi connectivity index (χ2v) is 5.60. The van der Waals surface area contributed by atoms with Gasteiger partial charge in [0.05, 0.1) is 12.7 Å². The van der Waals surface area contributed by atoms with E-state index in [1.54, 1.807) is 6.07 Å². The van der Waals surface area contributed by atoms with Crippen LogP contribution in [0.3, 0.4) is 0 Å². The van der Waals surface area contributed by atoms with Gasteiger partial charge in [0.1, 0.15) is 0 Å². The van der Waals surface area contributed by atoms with E-state index in [4.69, 9.17) is 4.74 Å². The van der Waals surface area contributed by atoms with Gasteiger partial charge in [-0.25, -0.2) is 8.78 Å². The molecular weight excluding hydrogens is 262 g/mol. The highest BCUT2D eigenvalue weighted by atomic mass is 19.2. The van der Waals surface area contributed by atoms with Crippen LogP contribution in [0.2, 0.25) is 0 Å². The molecule has 3 nitrogen and oxygen atoms in total. The first kappa shape index (κ1) is 13.9. The first-order chi connectivity index (χ1) is 9.72. The number of benzene rings is 1. The van der Waals surface area contributed by atoms with E-state index in [2.05, 4.69) is 10.2 Å². The van der Waals surface area contributed by atoms with E-state index in [0.717, 1.165) is 43.9 Å². The molecule has 1 saturated carbocycles. The summed E-state index contributed by atoms with van der Waals surface area (Å²) in [5, 5.41) is 3.26. The van der Waals surface area contributed by atoms with Crippen molar-refractivity contribution in [3.8, 4) is 0 Å². The van der Waals surface area contributed by atoms with Gasteiger partial charge in [-0.2, -0.15) is 0 Å². The van der Waals surface area contributed by atoms with Gasteiger partial charge >= 0.3 is 0 Å². The molecule has 1 aromatic carbocycles. The zero-order valence-electron chi connectivity index (χ0n) is 11.4. The standard InChI is InChI=1S/C15H20F2N2O/c16-14-4-1-11(7-15(14)17)8-18-9-13-10-19(5-6-20-13)12-2-3-12/h1,4,7,12-13,18H,2-3,5-6,8-10H2. The Morgan fingerprint density at radius 3 is 2.85 bits per heavy atom. The molecule has 0 aromatic heterocycles. The SMILES string of the molecule is Fc1ccc(CNCC2CN(C3CC3)CCO2)cc1F. The number of nitrogens with one attached hydrogen (secondary N) is 1. The van der Waals surface area contributed by atoms with Crippen molar-refractivity contribution >= 4 is 0 Å². The minimum absolute atomic E-state index is 0.189. The van der Waals surface area contributed by atoms with Gasteiger partial charge in [0.25, 0.3) is 0 Å². The van der Waals surface area contributed by atoms with Crippen LogP contribution in [0.15, 0.2) is 18.2 Å².